The highest BCUT2D eigenvalue weighted by Gasteiger charge is 2.74. The third-order valence-electron chi connectivity index (χ3n) is 14.9. The van der Waals surface area contributed by atoms with Gasteiger partial charge in [-0.1, -0.05) is 86.7 Å². The predicted octanol–water partition coefficient (Wildman–Crippen LogP) is 6.89. The molecule has 1 unspecified atom stereocenters. The number of β-amino-alcohol motifs (C(OH)–C–C–N with tert-alkyl or cyclic N) is 1. The normalized spacial score (nSPS) is 41.1. The molecule has 6 aliphatic carbocycles. The Labute approximate surface area is 285 Å². The molecule has 2 aromatic rings. The second-order valence-electron chi connectivity index (χ2n) is 16.9. The summed E-state index contributed by atoms with van der Waals surface area (Å²) in [7, 11) is 0. The van der Waals surface area contributed by atoms with Crippen LogP contribution in [-0.2, 0) is 0 Å². The van der Waals surface area contributed by atoms with Gasteiger partial charge in [0, 0.05) is 53.6 Å². The first-order valence-electron chi connectivity index (χ1n) is 18.7. The van der Waals surface area contributed by atoms with Crippen LogP contribution in [0.4, 0.5) is 0 Å². The Balaban J connectivity index is 1.12. The molecule has 0 radical (unpaired) electrons. The van der Waals surface area contributed by atoms with E-state index in [0.29, 0.717) is 18.9 Å². The van der Waals surface area contributed by atoms with E-state index >= 15 is 4.79 Å². The fourth-order valence-electron chi connectivity index (χ4n) is 12.4. The first-order valence-corrected chi connectivity index (χ1v) is 18.7. The van der Waals surface area contributed by atoms with Crippen molar-refractivity contribution in [2.45, 2.75) is 83.3 Å². The van der Waals surface area contributed by atoms with E-state index in [0.717, 1.165) is 106 Å². The molecule has 4 fully saturated rings. The third kappa shape index (κ3) is 4.05. The molecule has 10 rings (SSSR count). The van der Waals surface area contributed by atoms with Gasteiger partial charge in [-0.3, -0.25) is 9.79 Å². The van der Waals surface area contributed by atoms with Crippen molar-refractivity contribution in [1.82, 2.24) is 9.80 Å². The minimum Gasteiger partial charge on any atom is -0.393 e. The van der Waals surface area contributed by atoms with Gasteiger partial charge in [0.25, 0.3) is 0 Å². The molecule has 0 amide bonds. The van der Waals surface area contributed by atoms with Crippen LogP contribution in [0, 0.1) is 33.5 Å². The number of ketones is 1. The van der Waals surface area contributed by atoms with Gasteiger partial charge < -0.3 is 20.0 Å². The highest BCUT2D eigenvalue weighted by atomic mass is 16.3. The zero-order valence-electron chi connectivity index (χ0n) is 28.7. The lowest BCUT2D eigenvalue weighted by Gasteiger charge is -2.71. The number of guanidine groups is 1. The Hall–Kier alpha value is -3.22. The average Bonchev–Trinajstić information content (AvgIpc) is 3.38. The molecule has 48 heavy (non-hydrogen) atoms. The molecule has 8 atom stereocenters. The lowest BCUT2D eigenvalue weighted by molar-refractivity contribution is -0.174. The number of carbonyl (C=O) groups excluding carboxylic acids is 1. The summed E-state index contributed by atoms with van der Waals surface area (Å²) in [6, 6.07) is 18.5. The molecule has 2 aliphatic heterocycles. The van der Waals surface area contributed by atoms with Crippen LogP contribution in [0.3, 0.4) is 0 Å². The van der Waals surface area contributed by atoms with Gasteiger partial charge in [-0.2, -0.15) is 0 Å². The van der Waals surface area contributed by atoms with E-state index < -0.39 is 11.0 Å². The van der Waals surface area contributed by atoms with Crippen LogP contribution in [0.5, 0.6) is 0 Å². The Bertz CT molecular complexity index is 1720. The summed E-state index contributed by atoms with van der Waals surface area (Å²) in [6.07, 6.45) is 15.1. The number of aliphatic hydroxyl groups excluding tert-OH is 1. The first kappa shape index (κ1) is 30.8. The monoisotopic (exact) mass is 645 g/mol. The van der Waals surface area contributed by atoms with Crippen LogP contribution in [0.25, 0.3) is 11.1 Å². The highest BCUT2D eigenvalue weighted by Crippen LogP contribution is 2.78. The number of allylic oxidation sites excluding steroid dienone is 4. The predicted molar refractivity (Wildman–Crippen MR) is 189 cm³/mol. The number of rotatable bonds is 5. The molecule has 1 saturated heterocycles. The van der Waals surface area contributed by atoms with Crippen molar-refractivity contribution >= 4 is 11.7 Å². The van der Waals surface area contributed by atoms with Crippen molar-refractivity contribution in [1.29, 1.82) is 0 Å². The second kappa shape index (κ2) is 10.6. The lowest BCUT2D eigenvalue weighted by Crippen LogP contribution is -2.68. The van der Waals surface area contributed by atoms with E-state index in [9.17, 15) is 10.2 Å². The summed E-state index contributed by atoms with van der Waals surface area (Å²) in [5.41, 5.74) is 1.89. The standard InChI is InChI=1S/C42H51N3O3/c1-38-17-14-32(46)26-40(38)20-21-42(33(27-40)36(47)31-12-10-30(11-13-31)29-8-4-3-5-9-29)34(38)15-18-39(2)35(42)16-19-41(39,48)28-45-25-7-24-44-23-6-22-43-37(44)45/h3-5,8-13,20-21,27,32,34-35,46,48H,6-7,14-19,22-26,28H2,1-2H3/t32?,34-,35-,38-,39+,40+,41-,42-/m1/s1. The largest absolute Gasteiger partial charge is 0.393 e. The number of Topliss-reactive ketones (excluding diaryl/α,β-unsaturated/α-hetero) is 1. The van der Waals surface area contributed by atoms with Crippen molar-refractivity contribution in [3.63, 3.8) is 0 Å². The summed E-state index contributed by atoms with van der Waals surface area (Å²) < 4.78 is 0. The Kier molecular flexibility index (Phi) is 6.83. The fourth-order valence-corrected chi connectivity index (χ4v) is 12.4. The first-order chi connectivity index (χ1) is 23.1. The molecule has 2 N–H and O–H groups in total. The number of hydrogen-bond donors (Lipinski definition) is 2. The maximum Gasteiger partial charge on any atom is 0.196 e. The quantitative estimate of drug-likeness (QED) is 0.274. The topological polar surface area (TPSA) is 76.4 Å². The number of aliphatic hydroxyl groups is 2. The van der Waals surface area contributed by atoms with E-state index in [4.69, 9.17) is 4.99 Å². The van der Waals surface area contributed by atoms with Crippen molar-refractivity contribution in [2.75, 3.05) is 32.7 Å². The molecule has 2 heterocycles. The number of nitrogens with zero attached hydrogens (tertiary/aromatic N) is 3. The summed E-state index contributed by atoms with van der Waals surface area (Å²) in [5, 5.41) is 24.0. The Morgan fingerprint density at radius 1 is 0.854 bits per heavy atom. The molecule has 2 bridgehead atoms. The van der Waals surface area contributed by atoms with Gasteiger partial charge >= 0.3 is 0 Å². The van der Waals surface area contributed by atoms with E-state index in [1.54, 1.807) is 0 Å². The van der Waals surface area contributed by atoms with Gasteiger partial charge in [0.15, 0.2) is 11.7 Å². The van der Waals surface area contributed by atoms with Crippen LogP contribution in [0.2, 0.25) is 0 Å². The number of hydrogen-bond acceptors (Lipinski definition) is 6. The Morgan fingerprint density at radius 2 is 1.56 bits per heavy atom. The molecular weight excluding hydrogens is 594 g/mol. The van der Waals surface area contributed by atoms with Crippen molar-refractivity contribution in [2.24, 2.45) is 38.5 Å². The summed E-state index contributed by atoms with van der Waals surface area (Å²) in [4.78, 5) is 24.8. The van der Waals surface area contributed by atoms with Crippen molar-refractivity contribution in [3.8, 4) is 11.1 Å². The molecular formula is C42H51N3O3. The Morgan fingerprint density at radius 3 is 2.38 bits per heavy atom. The zero-order chi connectivity index (χ0) is 32.9. The van der Waals surface area contributed by atoms with Gasteiger partial charge in [-0.15, -0.1) is 0 Å². The van der Waals surface area contributed by atoms with Gasteiger partial charge in [0.2, 0.25) is 0 Å². The van der Waals surface area contributed by atoms with E-state index in [1.165, 1.54) is 0 Å². The number of carbonyl (C=O) groups is 1. The van der Waals surface area contributed by atoms with Crippen molar-refractivity contribution < 1.29 is 15.0 Å². The average molecular weight is 646 g/mol. The van der Waals surface area contributed by atoms with Gasteiger partial charge in [0.05, 0.1) is 18.2 Å². The van der Waals surface area contributed by atoms with Gasteiger partial charge in [-0.25, -0.2) is 0 Å². The van der Waals surface area contributed by atoms with Gasteiger partial charge in [-0.05, 0) is 86.2 Å². The smallest absolute Gasteiger partial charge is 0.196 e. The highest BCUT2D eigenvalue weighted by molar-refractivity contribution is 6.10. The summed E-state index contributed by atoms with van der Waals surface area (Å²) in [5.74, 6) is 1.65. The molecule has 3 saturated carbocycles. The molecule has 0 aromatic heterocycles. The van der Waals surface area contributed by atoms with E-state index in [2.05, 4.69) is 66.1 Å². The molecule has 6 nitrogen and oxygen atoms in total. The molecule has 6 heteroatoms. The number of aliphatic imine (C=N–C) groups is 1. The maximum atomic E-state index is 15.0. The summed E-state index contributed by atoms with van der Waals surface area (Å²) >= 11 is 0. The van der Waals surface area contributed by atoms with Crippen LogP contribution >= 0.6 is 0 Å². The number of fused-ring (bicyclic) bond motifs is 2. The zero-order valence-corrected chi connectivity index (χ0v) is 28.7. The number of benzene rings is 2. The van der Waals surface area contributed by atoms with Crippen LogP contribution in [0.15, 0.2) is 83.4 Å². The van der Waals surface area contributed by atoms with Crippen LogP contribution in [0.1, 0.15) is 82.0 Å². The minimum atomic E-state index is -0.866. The van der Waals surface area contributed by atoms with Crippen LogP contribution < -0.4 is 0 Å². The second-order valence-corrected chi connectivity index (χ2v) is 16.9. The van der Waals surface area contributed by atoms with Gasteiger partial charge in [0.1, 0.15) is 0 Å². The van der Waals surface area contributed by atoms with E-state index in [-0.39, 0.29) is 34.1 Å². The summed E-state index contributed by atoms with van der Waals surface area (Å²) in [6.45, 7) is 9.35. The third-order valence-corrected chi connectivity index (χ3v) is 14.9. The van der Waals surface area contributed by atoms with Crippen molar-refractivity contribution in [3.05, 3.63) is 84.0 Å². The molecule has 252 valence electrons. The van der Waals surface area contributed by atoms with E-state index in [1.807, 2.05) is 30.3 Å². The maximum absolute atomic E-state index is 15.0. The molecule has 8 aliphatic rings. The molecule has 2 aromatic carbocycles. The fraction of sp³-hybridized carbons (Fsp3) is 0.571. The lowest BCUT2D eigenvalue weighted by atomic mass is 9.32. The molecule has 2 spiro atoms. The van der Waals surface area contributed by atoms with Crippen LogP contribution in [-0.4, -0.2) is 76.2 Å². The SMILES string of the molecule is C[C@]12CC[C@H]3[C@]4(C=C[C@@]5(C=C4C(=O)c4ccc(-c6ccccc6)cc4)CC(O)CC[C@]35C)[C@@H]1CC[C@@]2(O)CN1CCCN2CCCN=C21. The minimum absolute atomic E-state index is 0.0336.